The molecule has 1 saturated carbocycles. The second-order valence-electron chi connectivity index (χ2n) is 4.88. The number of hydrogen-bond acceptors (Lipinski definition) is 4. The maximum atomic E-state index is 11.3. The first-order valence-electron chi connectivity index (χ1n) is 7.04. The molecule has 0 aliphatic heterocycles. The number of rotatable bonds is 6. The SMILES string of the molecule is CCCC(=O)OC1CCC(OC(=O)CCC)CC1. The van der Waals surface area contributed by atoms with E-state index in [1.54, 1.807) is 0 Å². The molecule has 104 valence electrons. The van der Waals surface area contributed by atoms with Crippen molar-refractivity contribution < 1.29 is 19.1 Å². The summed E-state index contributed by atoms with van der Waals surface area (Å²) in [6, 6.07) is 0. The smallest absolute Gasteiger partial charge is 0.306 e. The summed E-state index contributed by atoms with van der Waals surface area (Å²) in [5, 5.41) is 0. The average molecular weight is 256 g/mol. The Morgan fingerprint density at radius 1 is 0.833 bits per heavy atom. The Balaban J connectivity index is 2.20. The topological polar surface area (TPSA) is 52.6 Å². The van der Waals surface area contributed by atoms with Crippen LogP contribution in [0.5, 0.6) is 0 Å². The minimum absolute atomic E-state index is 0.0187. The quantitative estimate of drug-likeness (QED) is 0.685. The van der Waals surface area contributed by atoms with Gasteiger partial charge in [0.25, 0.3) is 0 Å². The van der Waals surface area contributed by atoms with Crippen molar-refractivity contribution in [1.29, 1.82) is 0 Å². The lowest BCUT2D eigenvalue weighted by molar-refractivity contribution is -0.158. The number of ether oxygens (including phenoxy) is 2. The summed E-state index contributed by atoms with van der Waals surface area (Å²) in [5.41, 5.74) is 0. The van der Waals surface area contributed by atoms with E-state index in [0.29, 0.717) is 12.8 Å². The molecule has 0 saturated heterocycles. The summed E-state index contributed by atoms with van der Waals surface area (Å²) in [4.78, 5) is 22.7. The van der Waals surface area contributed by atoms with Crippen LogP contribution in [0.4, 0.5) is 0 Å². The van der Waals surface area contributed by atoms with E-state index in [4.69, 9.17) is 9.47 Å². The van der Waals surface area contributed by atoms with Gasteiger partial charge in [-0.2, -0.15) is 0 Å². The first kappa shape index (κ1) is 15.0. The molecule has 0 atom stereocenters. The minimum Gasteiger partial charge on any atom is -0.462 e. The fourth-order valence-electron chi connectivity index (χ4n) is 2.17. The van der Waals surface area contributed by atoms with Crippen LogP contribution in [0.1, 0.15) is 65.2 Å². The standard InChI is InChI=1S/C14H24O4/c1-3-5-13(15)17-11-7-9-12(10-8-11)18-14(16)6-4-2/h11-12H,3-10H2,1-2H3. The van der Waals surface area contributed by atoms with Crippen molar-refractivity contribution in [3.05, 3.63) is 0 Å². The molecule has 1 rings (SSSR count). The molecular weight excluding hydrogens is 232 g/mol. The van der Waals surface area contributed by atoms with Crippen molar-refractivity contribution in [3.63, 3.8) is 0 Å². The van der Waals surface area contributed by atoms with Crippen LogP contribution in [-0.2, 0) is 19.1 Å². The maximum Gasteiger partial charge on any atom is 0.306 e. The molecule has 0 N–H and O–H groups in total. The van der Waals surface area contributed by atoms with Crippen molar-refractivity contribution in [3.8, 4) is 0 Å². The summed E-state index contributed by atoms with van der Waals surface area (Å²) in [5.74, 6) is -0.215. The first-order valence-corrected chi connectivity index (χ1v) is 7.04. The Labute approximate surface area is 109 Å². The Morgan fingerprint density at radius 2 is 1.17 bits per heavy atom. The van der Waals surface area contributed by atoms with Gasteiger partial charge in [0.1, 0.15) is 12.2 Å². The van der Waals surface area contributed by atoms with E-state index in [2.05, 4.69) is 0 Å². The zero-order chi connectivity index (χ0) is 13.4. The van der Waals surface area contributed by atoms with Gasteiger partial charge in [0.15, 0.2) is 0 Å². The van der Waals surface area contributed by atoms with E-state index < -0.39 is 0 Å². The fraction of sp³-hybridized carbons (Fsp3) is 0.857. The maximum absolute atomic E-state index is 11.3. The highest BCUT2D eigenvalue weighted by Gasteiger charge is 2.25. The predicted octanol–water partition coefficient (Wildman–Crippen LogP) is 2.98. The number of carbonyl (C=O) groups excluding carboxylic acids is 2. The second-order valence-corrected chi connectivity index (χ2v) is 4.88. The molecule has 0 aromatic carbocycles. The molecule has 0 aromatic heterocycles. The molecule has 1 aliphatic carbocycles. The van der Waals surface area contributed by atoms with Gasteiger partial charge in [-0.3, -0.25) is 9.59 Å². The lowest BCUT2D eigenvalue weighted by atomic mass is 9.95. The number of carbonyl (C=O) groups is 2. The summed E-state index contributed by atoms with van der Waals surface area (Å²) < 4.78 is 10.7. The van der Waals surface area contributed by atoms with Gasteiger partial charge in [-0.25, -0.2) is 0 Å². The third-order valence-electron chi connectivity index (χ3n) is 3.13. The Morgan fingerprint density at radius 3 is 1.44 bits per heavy atom. The van der Waals surface area contributed by atoms with Crippen LogP contribution in [0.2, 0.25) is 0 Å². The Bertz CT molecular complexity index is 239. The highest BCUT2D eigenvalue weighted by Crippen LogP contribution is 2.24. The number of hydrogen-bond donors (Lipinski definition) is 0. The molecule has 0 unspecified atom stereocenters. The molecule has 4 heteroatoms. The van der Waals surface area contributed by atoms with Crippen LogP contribution >= 0.6 is 0 Å². The van der Waals surface area contributed by atoms with E-state index in [1.165, 1.54) is 0 Å². The largest absolute Gasteiger partial charge is 0.462 e. The molecule has 4 nitrogen and oxygen atoms in total. The minimum atomic E-state index is -0.107. The van der Waals surface area contributed by atoms with Crippen molar-refractivity contribution in [2.24, 2.45) is 0 Å². The lowest BCUT2D eigenvalue weighted by Gasteiger charge is -2.28. The van der Waals surface area contributed by atoms with Gasteiger partial charge in [-0.15, -0.1) is 0 Å². The molecule has 0 heterocycles. The first-order chi connectivity index (χ1) is 8.65. The van der Waals surface area contributed by atoms with Gasteiger partial charge in [0, 0.05) is 12.8 Å². The third-order valence-corrected chi connectivity index (χ3v) is 3.13. The van der Waals surface area contributed by atoms with Crippen molar-refractivity contribution in [2.45, 2.75) is 77.4 Å². The third kappa shape index (κ3) is 5.52. The van der Waals surface area contributed by atoms with Crippen LogP contribution in [0.25, 0.3) is 0 Å². The van der Waals surface area contributed by atoms with Gasteiger partial charge < -0.3 is 9.47 Å². The molecule has 0 bridgehead atoms. The monoisotopic (exact) mass is 256 g/mol. The van der Waals surface area contributed by atoms with Crippen LogP contribution < -0.4 is 0 Å². The number of esters is 2. The van der Waals surface area contributed by atoms with Crippen LogP contribution in [0.15, 0.2) is 0 Å². The van der Waals surface area contributed by atoms with Crippen molar-refractivity contribution in [1.82, 2.24) is 0 Å². The molecule has 0 radical (unpaired) electrons. The Hall–Kier alpha value is -1.06. The molecule has 1 fully saturated rings. The second kappa shape index (κ2) is 8.11. The molecule has 1 aliphatic rings. The fourth-order valence-corrected chi connectivity index (χ4v) is 2.17. The van der Waals surface area contributed by atoms with Crippen LogP contribution in [-0.4, -0.2) is 24.1 Å². The summed E-state index contributed by atoms with van der Waals surface area (Å²) >= 11 is 0. The van der Waals surface area contributed by atoms with Crippen molar-refractivity contribution >= 4 is 11.9 Å². The van der Waals surface area contributed by atoms with Gasteiger partial charge in [-0.05, 0) is 38.5 Å². The van der Waals surface area contributed by atoms with Crippen LogP contribution in [0, 0.1) is 0 Å². The van der Waals surface area contributed by atoms with E-state index in [9.17, 15) is 9.59 Å². The van der Waals surface area contributed by atoms with Crippen molar-refractivity contribution in [2.75, 3.05) is 0 Å². The van der Waals surface area contributed by atoms with E-state index in [0.717, 1.165) is 38.5 Å². The van der Waals surface area contributed by atoms with Gasteiger partial charge >= 0.3 is 11.9 Å². The summed E-state index contributed by atoms with van der Waals surface area (Å²) in [7, 11) is 0. The average Bonchev–Trinajstić information content (AvgIpc) is 2.32. The van der Waals surface area contributed by atoms with E-state index >= 15 is 0 Å². The normalized spacial score (nSPS) is 23.4. The molecular formula is C14H24O4. The highest BCUT2D eigenvalue weighted by molar-refractivity contribution is 5.69. The van der Waals surface area contributed by atoms with E-state index in [1.807, 2.05) is 13.8 Å². The molecule has 0 amide bonds. The summed E-state index contributed by atoms with van der Waals surface area (Å²) in [6.07, 6.45) is 5.89. The molecule has 0 aromatic rings. The van der Waals surface area contributed by atoms with E-state index in [-0.39, 0.29) is 24.1 Å². The lowest BCUT2D eigenvalue weighted by Crippen LogP contribution is -2.29. The molecule has 0 spiro atoms. The van der Waals surface area contributed by atoms with Gasteiger partial charge in [-0.1, -0.05) is 13.8 Å². The zero-order valence-corrected chi connectivity index (χ0v) is 11.4. The van der Waals surface area contributed by atoms with Gasteiger partial charge in [0.2, 0.25) is 0 Å². The predicted molar refractivity (Wildman–Crippen MR) is 68.0 cm³/mol. The highest BCUT2D eigenvalue weighted by atomic mass is 16.6. The Kier molecular flexibility index (Phi) is 6.76. The molecule has 18 heavy (non-hydrogen) atoms. The zero-order valence-electron chi connectivity index (χ0n) is 11.4. The van der Waals surface area contributed by atoms with Crippen LogP contribution in [0.3, 0.4) is 0 Å². The summed E-state index contributed by atoms with van der Waals surface area (Å²) in [6.45, 7) is 3.93. The van der Waals surface area contributed by atoms with Gasteiger partial charge in [0.05, 0.1) is 0 Å².